The van der Waals surface area contributed by atoms with Crippen LogP contribution in [0.3, 0.4) is 0 Å². The monoisotopic (exact) mass is 775 g/mol. The largest absolute Gasteiger partial charge is 0.344 e. The van der Waals surface area contributed by atoms with E-state index in [1.54, 1.807) is 0 Å². The fourth-order valence-corrected chi connectivity index (χ4v) is 10.5. The Hall–Kier alpha value is -4.11. The summed E-state index contributed by atoms with van der Waals surface area (Å²) in [6.45, 7) is 18.0. The number of rotatable bonds is 7. The van der Waals surface area contributed by atoms with Crippen LogP contribution in [0.4, 0.5) is 0 Å². The van der Waals surface area contributed by atoms with Crippen LogP contribution in [0.25, 0.3) is 21.8 Å². The first-order chi connectivity index (χ1) is 27.7. The van der Waals surface area contributed by atoms with Crippen molar-refractivity contribution in [3.8, 4) is 0 Å². The van der Waals surface area contributed by atoms with Crippen LogP contribution in [0.5, 0.6) is 0 Å². The first-order valence-electron chi connectivity index (χ1n) is 22.6. The molecule has 3 fully saturated rings. The van der Waals surface area contributed by atoms with Crippen molar-refractivity contribution >= 4 is 39.5 Å². The van der Waals surface area contributed by atoms with Gasteiger partial charge in [-0.1, -0.05) is 40.5 Å². The summed E-state index contributed by atoms with van der Waals surface area (Å²) in [5.41, 5.74) is 9.66. The number of carbonyl (C=O) groups is 3. The standard InChI is InChI=1S/C27H37N3O2.C21H29N3O/c1-3-13-30-24-9-8-21(27(32)28-14-10-19(2)11-15-28)17-22(24)23-18-29(16-12-25(23)30)26(31)20-6-4-5-7-20;1-3-10-24-19-5-4-16(21(25)23-11-7-15(2)8-12-23)13-17(19)18-14-22-9-6-20(18)24/h8-9,17,19-20H,3-7,10-16,18H2,1-2H3;4-5,13,15,22H,3,6-12,14H2,1-2H3. The number of hydrogen-bond acceptors (Lipinski definition) is 4. The Balaban J connectivity index is 0.000000165. The van der Waals surface area contributed by atoms with Crippen LogP contribution in [0.2, 0.25) is 0 Å². The Morgan fingerprint density at radius 3 is 1.67 bits per heavy atom. The van der Waals surface area contributed by atoms with Crippen LogP contribution >= 0.6 is 0 Å². The van der Waals surface area contributed by atoms with Crippen LogP contribution in [-0.2, 0) is 43.8 Å². The average molecular weight is 775 g/mol. The number of nitrogens with one attached hydrogen (secondary N) is 1. The van der Waals surface area contributed by atoms with Gasteiger partial charge in [0, 0.05) is 134 Å². The summed E-state index contributed by atoms with van der Waals surface area (Å²) < 4.78 is 4.92. The summed E-state index contributed by atoms with van der Waals surface area (Å²) in [4.78, 5) is 45.5. The zero-order valence-electron chi connectivity index (χ0n) is 35.2. The number of aryl methyl sites for hydroxylation is 2. The van der Waals surface area contributed by atoms with E-state index >= 15 is 0 Å². The summed E-state index contributed by atoms with van der Waals surface area (Å²) in [5, 5.41) is 5.94. The highest BCUT2D eigenvalue weighted by Gasteiger charge is 2.32. The molecule has 0 radical (unpaired) electrons. The Bertz CT molecular complexity index is 2090. The quantitative estimate of drug-likeness (QED) is 0.204. The maximum Gasteiger partial charge on any atom is 0.253 e. The van der Waals surface area contributed by atoms with Gasteiger partial charge in [0.15, 0.2) is 0 Å². The predicted molar refractivity (Wildman–Crippen MR) is 230 cm³/mol. The Labute approximate surface area is 340 Å². The van der Waals surface area contributed by atoms with Crippen LogP contribution in [0, 0.1) is 17.8 Å². The van der Waals surface area contributed by atoms with Crippen molar-refractivity contribution in [3.63, 3.8) is 0 Å². The highest BCUT2D eigenvalue weighted by molar-refractivity contribution is 6.00. The summed E-state index contributed by atoms with van der Waals surface area (Å²) in [5.74, 6) is 2.38. The summed E-state index contributed by atoms with van der Waals surface area (Å²) in [7, 11) is 0. The molecule has 1 N–H and O–H groups in total. The normalized spacial score (nSPS) is 19.5. The second-order valence-corrected chi connectivity index (χ2v) is 18.0. The first kappa shape index (κ1) is 39.7. The van der Waals surface area contributed by atoms with Gasteiger partial charge in [-0.2, -0.15) is 0 Å². The number of hydrogen-bond donors (Lipinski definition) is 1. The molecule has 1 aliphatic carbocycles. The van der Waals surface area contributed by atoms with E-state index in [4.69, 9.17) is 0 Å². The maximum atomic E-state index is 13.3. The van der Waals surface area contributed by atoms with Gasteiger partial charge in [-0.05, 0) is 105 Å². The van der Waals surface area contributed by atoms with Gasteiger partial charge in [0.1, 0.15) is 0 Å². The molecule has 1 saturated carbocycles. The minimum absolute atomic E-state index is 0.158. The molecule has 57 heavy (non-hydrogen) atoms. The SMILES string of the molecule is CCCn1c2c(c3cc(C(=O)N4CCC(C)CC4)ccc31)CN(C(=O)C1CCCC1)CC2.CCCn1c2c(c3cc(C(=O)N4CCC(C)CC4)ccc31)CNCC2. The lowest BCUT2D eigenvalue weighted by molar-refractivity contribution is -0.136. The molecule has 5 aliphatic rings. The molecule has 4 aromatic rings. The molecule has 3 amide bonds. The second kappa shape index (κ2) is 17.4. The van der Waals surface area contributed by atoms with Crippen LogP contribution in [0.1, 0.15) is 135 Å². The van der Waals surface area contributed by atoms with Crippen molar-refractivity contribution in [1.29, 1.82) is 0 Å². The minimum Gasteiger partial charge on any atom is -0.344 e. The molecule has 0 atom stereocenters. The van der Waals surface area contributed by atoms with Gasteiger partial charge >= 0.3 is 0 Å². The lowest BCUT2D eigenvalue weighted by Crippen LogP contribution is -2.39. The number of carbonyl (C=O) groups excluding carboxylic acids is 3. The third-order valence-corrected chi connectivity index (χ3v) is 13.9. The molecular weight excluding hydrogens is 709 g/mol. The summed E-state index contributed by atoms with van der Waals surface area (Å²) in [6.07, 6.45) is 13.1. The molecule has 0 bridgehead atoms. The van der Waals surface area contributed by atoms with E-state index in [1.165, 1.54) is 57.2 Å². The van der Waals surface area contributed by atoms with Crippen molar-refractivity contribution < 1.29 is 14.4 Å². The van der Waals surface area contributed by atoms with Crippen LogP contribution < -0.4 is 5.32 Å². The molecule has 4 aliphatic heterocycles. The van der Waals surface area contributed by atoms with Gasteiger partial charge in [0.2, 0.25) is 5.91 Å². The molecule has 0 spiro atoms. The fourth-order valence-electron chi connectivity index (χ4n) is 10.5. The molecular formula is C48H66N6O3. The van der Waals surface area contributed by atoms with E-state index < -0.39 is 0 Å². The minimum atomic E-state index is 0.158. The highest BCUT2D eigenvalue weighted by Crippen LogP contribution is 2.35. The Morgan fingerprint density at radius 2 is 1.14 bits per heavy atom. The maximum absolute atomic E-state index is 13.3. The predicted octanol–water partition coefficient (Wildman–Crippen LogP) is 8.57. The molecule has 9 heteroatoms. The van der Waals surface area contributed by atoms with E-state index in [9.17, 15) is 14.4 Å². The molecule has 2 aromatic heterocycles. The molecule has 9 rings (SSSR count). The molecule has 6 heterocycles. The highest BCUT2D eigenvalue weighted by atomic mass is 16.2. The number of benzene rings is 2. The van der Waals surface area contributed by atoms with Gasteiger partial charge < -0.3 is 29.2 Å². The van der Waals surface area contributed by atoms with E-state index in [2.05, 4.69) is 71.3 Å². The van der Waals surface area contributed by atoms with Gasteiger partial charge in [-0.25, -0.2) is 0 Å². The number of likely N-dealkylation sites (tertiary alicyclic amines) is 2. The number of aromatic nitrogens is 2. The first-order valence-corrected chi connectivity index (χ1v) is 22.6. The van der Waals surface area contributed by atoms with E-state index in [0.29, 0.717) is 18.4 Å². The van der Waals surface area contributed by atoms with Crippen molar-refractivity contribution in [2.75, 3.05) is 39.3 Å². The Morgan fingerprint density at radius 1 is 0.632 bits per heavy atom. The summed E-state index contributed by atoms with van der Waals surface area (Å²) >= 11 is 0. The number of fused-ring (bicyclic) bond motifs is 6. The van der Waals surface area contributed by atoms with Gasteiger partial charge in [0.05, 0.1) is 0 Å². The molecule has 2 saturated heterocycles. The van der Waals surface area contributed by atoms with Gasteiger partial charge in [-0.3, -0.25) is 14.4 Å². The zero-order chi connectivity index (χ0) is 39.6. The third-order valence-electron chi connectivity index (χ3n) is 13.9. The van der Waals surface area contributed by atoms with Crippen LogP contribution in [-0.4, -0.2) is 80.8 Å². The van der Waals surface area contributed by atoms with Gasteiger partial charge in [-0.15, -0.1) is 0 Å². The van der Waals surface area contributed by atoms with Crippen molar-refractivity contribution in [1.82, 2.24) is 29.2 Å². The lowest BCUT2D eigenvalue weighted by atomic mass is 9.98. The second-order valence-electron chi connectivity index (χ2n) is 18.0. The van der Waals surface area contributed by atoms with Crippen molar-refractivity contribution in [2.45, 2.75) is 131 Å². The van der Waals surface area contributed by atoms with E-state index in [1.807, 2.05) is 21.9 Å². The Kier molecular flexibility index (Phi) is 12.1. The number of piperidine rings is 2. The fraction of sp³-hybridized carbons (Fsp3) is 0.604. The smallest absolute Gasteiger partial charge is 0.253 e. The van der Waals surface area contributed by atoms with Crippen molar-refractivity contribution in [3.05, 3.63) is 70.0 Å². The number of amides is 3. The molecule has 306 valence electrons. The third kappa shape index (κ3) is 8.02. The van der Waals surface area contributed by atoms with E-state index in [0.717, 1.165) is 140 Å². The van der Waals surface area contributed by atoms with E-state index in [-0.39, 0.29) is 17.7 Å². The lowest BCUT2D eigenvalue weighted by Gasteiger charge is -2.31. The summed E-state index contributed by atoms with van der Waals surface area (Å²) in [6, 6.07) is 12.6. The topological polar surface area (TPSA) is 82.8 Å². The van der Waals surface area contributed by atoms with Crippen molar-refractivity contribution in [2.24, 2.45) is 17.8 Å². The average Bonchev–Trinajstić information content (AvgIpc) is 3.97. The number of nitrogens with zero attached hydrogens (tertiary/aromatic N) is 5. The van der Waals surface area contributed by atoms with Crippen LogP contribution in [0.15, 0.2) is 36.4 Å². The van der Waals surface area contributed by atoms with Gasteiger partial charge in [0.25, 0.3) is 11.8 Å². The zero-order valence-corrected chi connectivity index (χ0v) is 35.2. The molecule has 0 unspecified atom stereocenters. The molecule has 9 nitrogen and oxygen atoms in total. The molecule has 2 aromatic carbocycles.